The second kappa shape index (κ2) is 6.41. The molecule has 4 heteroatoms. The molecule has 0 heterocycles. The highest BCUT2D eigenvalue weighted by molar-refractivity contribution is 9.10. The summed E-state index contributed by atoms with van der Waals surface area (Å²) in [4.78, 5) is 11.9. The average Bonchev–Trinajstić information content (AvgIpc) is 2.31. The van der Waals surface area contributed by atoms with Crippen LogP contribution in [0.1, 0.15) is 30.1 Å². The summed E-state index contributed by atoms with van der Waals surface area (Å²) in [5.41, 5.74) is 0.278. The van der Waals surface area contributed by atoms with E-state index in [9.17, 15) is 9.18 Å². The maximum Gasteiger partial charge on any atom is 0.252 e. The van der Waals surface area contributed by atoms with Gasteiger partial charge in [0.15, 0.2) is 0 Å². The lowest BCUT2D eigenvalue weighted by molar-refractivity contribution is 0.0935. The molecule has 90 valence electrons. The van der Waals surface area contributed by atoms with Crippen molar-refractivity contribution in [2.45, 2.75) is 25.8 Å². The predicted molar refractivity (Wildman–Crippen MR) is 69.1 cm³/mol. The fourth-order valence-corrected chi connectivity index (χ4v) is 1.80. The summed E-state index contributed by atoms with van der Waals surface area (Å²) < 4.78 is 13.6. The van der Waals surface area contributed by atoms with Crippen LogP contribution in [0, 0.1) is 18.2 Å². The maximum absolute atomic E-state index is 13.0. The van der Waals surface area contributed by atoms with Gasteiger partial charge in [-0.2, -0.15) is 0 Å². The van der Waals surface area contributed by atoms with Gasteiger partial charge in [0.1, 0.15) is 5.82 Å². The third-order valence-electron chi connectivity index (χ3n) is 2.37. The summed E-state index contributed by atoms with van der Waals surface area (Å²) in [6.45, 7) is 1.93. The van der Waals surface area contributed by atoms with E-state index in [0.717, 1.165) is 6.42 Å². The highest BCUT2D eigenvalue weighted by Gasteiger charge is 2.14. The van der Waals surface area contributed by atoms with Crippen LogP contribution < -0.4 is 5.32 Å². The van der Waals surface area contributed by atoms with E-state index in [1.807, 2.05) is 6.92 Å². The van der Waals surface area contributed by atoms with Gasteiger partial charge in [-0.3, -0.25) is 4.79 Å². The minimum Gasteiger partial charge on any atom is -0.348 e. The highest BCUT2D eigenvalue weighted by Crippen LogP contribution is 2.18. The first-order valence-corrected chi connectivity index (χ1v) is 6.07. The first-order valence-electron chi connectivity index (χ1n) is 5.27. The SMILES string of the molecule is C#CCC(CC)NC(=O)c1cc(F)ccc1Br. The van der Waals surface area contributed by atoms with Crippen LogP contribution in [-0.4, -0.2) is 11.9 Å². The molecule has 1 unspecified atom stereocenters. The van der Waals surface area contributed by atoms with Crippen molar-refractivity contribution < 1.29 is 9.18 Å². The molecule has 1 atom stereocenters. The number of nitrogens with one attached hydrogen (secondary N) is 1. The van der Waals surface area contributed by atoms with E-state index in [1.165, 1.54) is 18.2 Å². The number of benzene rings is 1. The molecule has 1 amide bonds. The first-order chi connectivity index (χ1) is 8.08. The van der Waals surface area contributed by atoms with Gasteiger partial charge in [-0.05, 0) is 40.5 Å². The van der Waals surface area contributed by atoms with Crippen LogP contribution in [0.3, 0.4) is 0 Å². The van der Waals surface area contributed by atoms with Gasteiger partial charge in [0.25, 0.3) is 5.91 Å². The highest BCUT2D eigenvalue weighted by atomic mass is 79.9. The van der Waals surface area contributed by atoms with Crippen LogP contribution in [0.2, 0.25) is 0 Å². The number of rotatable bonds is 4. The van der Waals surface area contributed by atoms with E-state index in [4.69, 9.17) is 6.42 Å². The number of carbonyl (C=O) groups is 1. The van der Waals surface area contributed by atoms with Gasteiger partial charge in [0, 0.05) is 16.9 Å². The largest absolute Gasteiger partial charge is 0.348 e. The van der Waals surface area contributed by atoms with Crippen LogP contribution in [0.25, 0.3) is 0 Å². The molecule has 0 fully saturated rings. The molecule has 0 spiro atoms. The Hall–Kier alpha value is -1.34. The predicted octanol–water partition coefficient (Wildman–Crippen LogP) is 3.12. The topological polar surface area (TPSA) is 29.1 Å². The minimum atomic E-state index is -0.441. The molecule has 0 aliphatic carbocycles. The zero-order valence-corrected chi connectivity index (χ0v) is 11.1. The molecule has 0 aromatic heterocycles. The lowest BCUT2D eigenvalue weighted by Crippen LogP contribution is -2.34. The molecular weight excluding hydrogens is 285 g/mol. The molecular formula is C13H13BrFNO. The third-order valence-corrected chi connectivity index (χ3v) is 3.06. The van der Waals surface area contributed by atoms with Crippen molar-refractivity contribution >= 4 is 21.8 Å². The lowest BCUT2D eigenvalue weighted by Gasteiger charge is -2.14. The smallest absolute Gasteiger partial charge is 0.252 e. The molecule has 0 bridgehead atoms. The van der Waals surface area contributed by atoms with Crippen LogP contribution >= 0.6 is 15.9 Å². The van der Waals surface area contributed by atoms with Gasteiger partial charge in [-0.25, -0.2) is 4.39 Å². The molecule has 2 nitrogen and oxygen atoms in total. The monoisotopic (exact) mass is 297 g/mol. The summed E-state index contributed by atoms with van der Waals surface area (Å²) in [6.07, 6.45) is 6.41. The van der Waals surface area contributed by atoms with Crippen LogP contribution in [0.15, 0.2) is 22.7 Å². The zero-order valence-electron chi connectivity index (χ0n) is 9.47. The van der Waals surface area contributed by atoms with Crippen molar-refractivity contribution in [2.75, 3.05) is 0 Å². The van der Waals surface area contributed by atoms with E-state index in [0.29, 0.717) is 10.9 Å². The van der Waals surface area contributed by atoms with Gasteiger partial charge in [-0.1, -0.05) is 6.92 Å². The minimum absolute atomic E-state index is 0.0809. The first kappa shape index (κ1) is 13.7. The Morgan fingerprint density at radius 3 is 2.94 bits per heavy atom. The number of hydrogen-bond acceptors (Lipinski definition) is 1. The molecule has 0 aliphatic rings. The third kappa shape index (κ3) is 3.86. The zero-order chi connectivity index (χ0) is 12.8. The Bertz CT molecular complexity index is 453. The Morgan fingerprint density at radius 1 is 1.65 bits per heavy atom. The quantitative estimate of drug-likeness (QED) is 0.850. The molecule has 1 aromatic carbocycles. The normalized spacial score (nSPS) is 11.6. The Kier molecular flexibility index (Phi) is 5.17. The second-order valence-electron chi connectivity index (χ2n) is 3.61. The van der Waals surface area contributed by atoms with Crippen molar-refractivity contribution in [3.63, 3.8) is 0 Å². The summed E-state index contributed by atoms with van der Waals surface area (Å²) in [6, 6.07) is 3.91. The van der Waals surface area contributed by atoms with Crippen molar-refractivity contribution in [1.29, 1.82) is 0 Å². The average molecular weight is 298 g/mol. The van der Waals surface area contributed by atoms with E-state index in [-0.39, 0.29) is 17.5 Å². The molecule has 1 aromatic rings. The molecule has 0 saturated carbocycles. The van der Waals surface area contributed by atoms with E-state index in [1.54, 1.807) is 0 Å². The van der Waals surface area contributed by atoms with Gasteiger partial charge in [0.05, 0.1) is 5.56 Å². The van der Waals surface area contributed by atoms with Crippen molar-refractivity contribution in [2.24, 2.45) is 0 Å². The molecule has 17 heavy (non-hydrogen) atoms. The number of halogens is 2. The Labute approximate surface area is 109 Å². The lowest BCUT2D eigenvalue weighted by atomic mass is 10.1. The number of carbonyl (C=O) groups excluding carboxylic acids is 1. The molecule has 0 radical (unpaired) electrons. The number of hydrogen-bond donors (Lipinski definition) is 1. The number of amides is 1. The Morgan fingerprint density at radius 2 is 2.35 bits per heavy atom. The number of terminal acetylenes is 1. The van der Waals surface area contributed by atoms with E-state index >= 15 is 0 Å². The summed E-state index contributed by atoms with van der Waals surface area (Å²) in [5.74, 6) is 1.74. The van der Waals surface area contributed by atoms with E-state index in [2.05, 4.69) is 27.2 Å². The molecule has 0 aliphatic heterocycles. The second-order valence-corrected chi connectivity index (χ2v) is 4.47. The van der Waals surface area contributed by atoms with Crippen LogP contribution in [0.4, 0.5) is 4.39 Å². The fourth-order valence-electron chi connectivity index (χ4n) is 1.37. The fraction of sp³-hybridized carbons (Fsp3) is 0.308. The van der Waals surface area contributed by atoms with Gasteiger partial charge >= 0.3 is 0 Å². The van der Waals surface area contributed by atoms with Gasteiger partial charge in [-0.15, -0.1) is 12.3 Å². The summed E-state index contributed by atoms with van der Waals surface area (Å²) >= 11 is 3.21. The van der Waals surface area contributed by atoms with Crippen molar-refractivity contribution in [3.8, 4) is 12.3 Å². The summed E-state index contributed by atoms with van der Waals surface area (Å²) in [7, 11) is 0. The molecule has 0 saturated heterocycles. The van der Waals surface area contributed by atoms with Crippen LogP contribution in [0.5, 0.6) is 0 Å². The van der Waals surface area contributed by atoms with Crippen molar-refractivity contribution in [3.05, 3.63) is 34.1 Å². The molecule has 1 N–H and O–H groups in total. The van der Waals surface area contributed by atoms with Crippen molar-refractivity contribution in [1.82, 2.24) is 5.32 Å². The Balaban J connectivity index is 2.82. The van der Waals surface area contributed by atoms with Gasteiger partial charge in [0.2, 0.25) is 0 Å². The maximum atomic E-state index is 13.0. The standard InChI is InChI=1S/C13H13BrFNO/c1-3-5-10(4-2)16-13(17)11-8-9(15)6-7-12(11)14/h1,6-8,10H,4-5H2,2H3,(H,16,17). The molecule has 1 rings (SSSR count). The van der Waals surface area contributed by atoms with Crippen LogP contribution in [-0.2, 0) is 0 Å². The van der Waals surface area contributed by atoms with E-state index < -0.39 is 5.82 Å². The van der Waals surface area contributed by atoms with Gasteiger partial charge < -0.3 is 5.32 Å². The summed E-state index contributed by atoms with van der Waals surface area (Å²) in [5, 5.41) is 2.77.